The lowest BCUT2D eigenvalue weighted by Gasteiger charge is -2.14. The fourth-order valence-electron chi connectivity index (χ4n) is 2.30. The standard InChI is InChI=1S/C12H17NO2/c14-11-5-3-4-10(11)7-9-13-8-2-1-6-12(13)15/h1-2,6,8,10-11,14H,3-5,7,9H2. The van der Waals surface area contributed by atoms with Gasteiger partial charge in [0.2, 0.25) is 5.56 Å². The van der Waals surface area contributed by atoms with Crippen molar-refractivity contribution in [3.63, 3.8) is 0 Å². The van der Waals surface area contributed by atoms with Gasteiger partial charge >= 0.3 is 0 Å². The minimum absolute atomic E-state index is 0.0463. The van der Waals surface area contributed by atoms with Crippen molar-refractivity contribution in [3.8, 4) is 0 Å². The van der Waals surface area contributed by atoms with E-state index in [0.29, 0.717) is 5.92 Å². The lowest BCUT2D eigenvalue weighted by atomic mass is 10.0. The predicted octanol–water partition coefficient (Wildman–Crippen LogP) is 1.40. The summed E-state index contributed by atoms with van der Waals surface area (Å²) in [6.45, 7) is 0.724. The Bertz CT molecular complexity index is 372. The first kappa shape index (κ1) is 10.4. The molecule has 0 bridgehead atoms. The third-order valence-corrected chi connectivity index (χ3v) is 3.26. The van der Waals surface area contributed by atoms with E-state index in [1.54, 1.807) is 16.7 Å². The molecule has 0 spiro atoms. The van der Waals surface area contributed by atoms with E-state index in [1.807, 2.05) is 12.3 Å². The Morgan fingerprint density at radius 2 is 2.27 bits per heavy atom. The zero-order valence-electron chi connectivity index (χ0n) is 8.80. The smallest absolute Gasteiger partial charge is 0.250 e. The fourth-order valence-corrected chi connectivity index (χ4v) is 2.30. The van der Waals surface area contributed by atoms with Crippen LogP contribution in [0.2, 0.25) is 0 Å². The second-order valence-corrected chi connectivity index (χ2v) is 4.28. The fraction of sp³-hybridized carbons (Fsp3) is 0.583. The molecule has 1 N–H and O–H groups in total. The summed E-state index contributed by atoms with van der Waals surface area (Å²) in [5.74, 6) is 0.386. The maximum absolute atomic E-state index is 11.4. The van der Waals surface area contributed by atoms with Gasteiger partial charge in [0.25, 0.3) is 0 Å². The van der Waals surface area contributed by atoms with Gasteiger partial charge in [-0.3, -0.25) is 4.79 Å². The van der Waals surface area contributed by atoms with Crippen LogP contribution in [0.1, 0.15) is 25.7 Å². The first-order chi connectivity index (χ1) is 7.27. The topological polar surface area (TPSA) is 42.2 Å². The largest absolute Gasteiger partial charge is 0.393 e. The predicted molar refractivity (Wildman–Crippen MR) is 58.7 cm³/mol. The van der Waals surface area contributed by atoms with Crippen LogP contribution >= 0.6 is 0 Å². The first-order valence-electron chi connectivity index (χ1n) is 5.61. The van der Waals surface area contributed by atoms with Gasteiger partial charge in [-0.05, 0) is 31.2 Å². The second-order valence-electron chi connectivity index (χ2n) is 4.28. The number of aliphatic hydroxyl groups excluding tert-OH is 1. The molecule has 1 aromatic rings. The molecule has 1 aliphatic rings. The third-order valence-electron chi connectivity index (χ3n) is 3.26. The van der Waals surface area contributed by atoms with Gasteiger partial charge in [-0.2, -0.15) is 0 Å². The van der Waals surface area contributed by atoms with E-state index in [1.165, 1.54) is 0 Å². The summed E-state index contributed by atoms with van der Waals surface area (Å²) in [6.07, 6.45) is 5.71. The van der Waals surface area contributed by atoms with E-state index in [4.69, 9.17) is 0 Å². The van der Waals surface area contributed by atoms with Crippen molar-refractivity contribution < 1.29 is 5.11 Å². The average Bonchev–Trinajstić information content (AvgIpc) is 2.63. The molecule has 15 heavy (non-hydrogen) atoms. The highest BCUT2D eigenvalue weighted by atomic mass is 16.3. The zero-order chi connectivity index (χ0) is 10.7. The first-order valence-corrected chi connectivity index (χ1v) is 5.61. The number of hydrogen-bond donors (Lipinski definition) is 1. The summed E-state index contributed by atoms with van der Waals surface area (Å²) in [6, 6.07) is 5.20. The maximum atomic E-state index is 11.4. The molecule has 2 atom stereocenters. The minimum atomic E-state index is -0.149. The van der Waals surface area contributed by atoms with Gasteiger partial charge in [-0.1, -0.05) is 12.5 Å². The van der Waals surface area contributed by atoms with Crippen molar-refractivity contribution in [1.29, 1.82) is 0 Å². The Morgan fingerprint density at radius 3 is 2.93 bits per heavy atom. The summed E-state index contributed by atoms with van der Waals surface area (Å²) in [5, 5.41) is 9.65. The number of nitrogens with zero attached hydrogens (tertiary/aromatic N) is 1. The summed E-state index contributed by atoms with van der Waals surface area (Å²) in [4.78, 5) is 11.4. The molecule has 1 aromatic heterocycles. The molecule has 0 amide bonds. The van der Waals surface area contributed by atoms with Crippen molar-refractivity contribution in [2.75, 3.05) is 0 Å². The van der Waals surface area contributed by atoms with Crippen molar-refractivity contribution in [3.05, 3.63) is 34.7 Å². The molecular formula is C12H17NO2. The number of rotatable bonds is 3. The molecule has 2 rings (SSSR count). The zero-order valence-corrected chi connectivity index (χ0v) is 8.80. The van der Waals surface area contributed by atoms with Gasteiger partial charge in [0.05, 0.1) is 6.10 Å². The van der Waals surface area contributed by atoms with Gasteiger partial charge in [0.1, 0.15) is 0 Å². The molecule has 0 aromatic carbocycles. The number of aryl methyl sites for hydroxylation is 1. The van der Waals surface area contributed by atoms with Crippen LogP contribution in [0.25, 0.3) is 0 Å². The molecular weight excluding hydrogens is 190 g/mol. The molecule has 82 valence electrons. The molecule has 1 aliphatic carbocycles. The average molecular weight is 207 g/mol. The van der Waals surface area contributed by atoms with Crippen LogP contribution in [0, 0.1) is 5.92 Å². The summed E-state index contributed by atoms with van der Waals surface area (Å²) < 4.78 is 1.71. The highest BCUT2D eigenvalue weighted by Gasteiger charge is 2.24. The van der Waals surface area contributed by atoms with Crippen molar-refractivity contribution in [2.24, 2.45) is 5.92 Å². The molecule has 0 saturated heterocycles. The van der Waals surface area contributed by atoms with E-state index < -0.39 is 0 Å². The van der Waals surface area contributed by atoms with E-state index in [2.05, 4.69) is 0 Å². The molecule has 0 radical (unpaired) electrons. The second kappa shape index (κ2) is 4.62. The van der Waals surface area contributed by atoms with Gasteiger partial charge in [-0.15, -0.1) is 0 Å². The van der Waals surface area contributed by atoms with Crippen molar-refractivity contribution >= 4 is 0 Å². The van der Waals surface area contributed by atoms with Gasteiger partial charge in [0, 0.05) is 18.8 Å². The molecule has 3 nitrogen and oxygen atoms in total. The van der Waals surface area contributed by atoms with Crippen LogP contribution in [0.5, 0.6) is 0 Å². The number of pyridine rings is 1. The Kier molecular flexibility index (Phi) is 3.21. The molecule has 3 heteroatoms. The van der Waals surface area contributed by atoms with Crippen LogP contribution in [0.3, 0.4) is 0 Å². The normalized spacial score (nSPS) is 25.7. The Hall–Kier alpha value is -1.09. The molecule has 2 unspecified atom stereocenters. The maximum Gasteiger partial charge on any atom is 0.250 e. The summed E-state index contributed by atoms with van der Waals surface area (Å²) >= 11 is 0. The SMILES string of the molecule is O=c1ccccn1CCC1CCCC1O. The lowest BCUT2D eigenvalue weighted by Crippen LogP contribution is -2.21. The highest BCUT2D eigenvalue weighted by Crippen LogP contribution is 2.28. The van der Waals surface area contributed by atoms with Crippen LogP contribution < -0.4 is 5.56 Å². The van der Waals surface area contributed by atoms with E-state index in [0.717, 1.165) is 32.2 Å². The Morgan fingerprint density at radius 1 is 1.40 bits per heavy atom. The monoisotopic (exact) mass is 207 g/mol. The Balaban J connectivity index is 1.93. The summed E-state index contributed by atoms with van der Waals surface area (Å²) in [5.41, 5.74) is 0.0463. The van der Waals surface area contributed by atoms with Crippen molar-refractivity contribution in [2.45, 2.75) is 38.3 Å². The molecule has 1 fully saturated rings. The molecule has 1 saturated carbocycles. The van der Waals surface area contributed by atoms with Crippen LogP contribution in [0.4, 0.5) is 0 Å². The van der Waals surface area contributed by atoms with Gasteiger partial charge in [-0.25, -0.2) is 0 Å². The number of aliphatic hydroxyl groups is 1. The number of hydrogen-bond acceptors (Lipinski definition) is 2. The van der Waals surface area contributed by atoms with E-state index in [-0.39, 0.29) is 11.7 Å². The molecule has 0 aliphatic heterocycles. The van der Waals surface area contributed by atoms with Crippen LogP contribution in [-0.4, -0.2) is 15.8 Å². The van der Waals surface area contributed by atoms with Gasteiger partial charge < -0.3 is 9.67 Å². The summed E-state index contributed by atoms with van der Waals surface area (Å²) in [7, 11) is 0. The highest BCUT2D eigenvalue weighted by molar-refractivity contribution is 4.93. The third kappa shape index (κ3) is 2.48. The van der Waals surface area contributed by atoms with Crippen LogP contribution in [-0.2, 0) is 6.54 Å². The van der Waals surface area contributed by atoms with Crippen molar-refractivity contribution in [1.82, 2.24) is 4.57 Å². The van der Waals surface area contributed by atoms with E-state index >= 15 is 0 Å². The molecule has 1 heterocycles. The number of aromatic nitrogens is 1. The van der Waals surface area contributed by atoms with Crippen LogP contribution in [0.15, 0.2) is 29.2 Å². The quantitative estimate of drug-likeness (QED) is 0.814. The van der Waals surface area contributed by atoms with E-state index in [9.17, 15) is 9.90 Å². The Labute approximate surface area is 89.4 Å². The van der Waals surface area contributed by atoms with Gasteiger partial charge in [0.15, 0.2) is 0 Å². The minimum Gasteiger partial charge on any atom is -0.393 e. The lowest BCUT2D eigenvalue weighted by molar-refractivity contribution is 0.125.